The fraction of sp³-hybridized carbons (Fsp3) is 0.231. The van der Waals surface area contributed by atoms with Crippen LogP contribution in [-0.4, -0.2) is 50.7 Å². The van der Waals surface area contributed by atoms with Crippen LogP contribution in [-0.2, 0) is 9.53 Å². The molecule has 0 radical (unpaired) electrons. The van der Waals surface area contributed by atoms with Gasteiger partial charge in [-0.15, -0.1) is 12.4 Å². The molecule has 0 unspecified atom stereocenters. The van der Waals surface area contributed by atoms with Crippen molar-refractivity contribution in [1.29, 1.82) is 0 Å². The van der Waals surface area contributed by atoms with E-state index in [4.69, 9.17) is 44.3 Å². The summed E-state index contributed by atoms with van der Waals surface area (Å²) in [6, 6.07) is 16.7. The minimum absolute atomic E-state index is 0. The zero-order valence-electron chi connectivity index (χ0n) is 21.4. The van der Waals surface area contributed by atoms with Crippen LogP contribution < -0.4 is 44.7 Å². The number of hydrogen-bond acceptors (Lipinski definition) is 7. The van der Waals surface area contributed by atoms with Crippen molar-refractivity contribution < 1.29 is 53.7 Å². The van der Waals surface area contributed by atoms with Crippen LogP contribution in [0.2, 0.25) is 15.1 Å². The second kappa shape index (κ2) is 18.6. The molecule has 38 heavy (non-hydrogen) atoms. The van der Waals surface area contributed by atoms with E-state index < -0.39 is 5.97 Å². The van der Waals surface area contributed by atoms with Gasteiger partial charge in [0.1, 0.15) is 12.4 Å². The average Bonchev–Trinajstić information content (AvgIpc) is 2.84. The Morgan fingerprint density at radius 1 is 0.974 bits per heavy atom. The largest absolute Gasteiger partial charge is 1.00 e. The van der Waals surface area contributed by atoms with Crippen LogP contribution in [0.3, 0.4) is 0 Å². The molecule has 0 heterocycles. The summed E-state index contributed by atoms with van der Waals surface area (Å²) in [6.07, 6.45) is 0. The van der Waals surface area contributed by atoms with E-state index in [2.05, 4.69) is 5.32 Å². The van der Waals surface area contributed by atoms with E-state index in [-0.39, 0.29) is 60.1 Å². The number of esters is 1. The van der Waals surface area contributed by atoms with Crippen LogP contribution in [0.1, 0.15) is 15.9 Å². The summed E-state index contributed by atoms with van der Waals surface area (Å²) in [4.78, 5) is 24.2. The van der Waals surface area contributed by atoms with Crippen molar-refractivity contribution in [2.75, 3.05) is 39.2 Å². The number of para-hydroxylation sites is 1. The number of likely N-dealkylation sites (N-methyl/N-ethyl adjacent to an activating group) is 1. The van der Waals surface area contributed by atoms with E-state index in [0.29, 0.717) is 45.3 Å². The molecule has 0 aliphatic rings. The van der Waals surface area contributed by atoms with Gasteiger partial charge in [-0.3, -0.25) is 0 Å². The van der Waals surface area contributed by atoms with Crippen molar-refractivity contribution in [2.45, 2.75) is 6.92 Å². The maximum Gasteiger partial charge on any atom is 1.00 e. The first-order valence-electron chi connectivity index (χ1n) is 10.8. The number of ether oxygens (including phenoxy) is 2. The number of benzene rings is 3. The van der Waals surface area contributed by atoms with Crippen molar-refractivity contribution >= 4 is 70.5 Å². The molecule has 3 aromatic rings. The second-order valence-electron chi connectivity index (χ2n) is 7.78. The number of carbonyl (C=O) groups excluding carboxylic acids is 2. The number of rotatable bonds is 9. The van der Waals surface area contributed by atoms with E-state index in [0.717, 1.165) is 5.56 Å². The molecule has 12 heteroatoms. The van der Waals surface area contributed by atoms with Gasteiger partial charge in [0, 0.05) is 22.8 Å². The molecular weight excluding hydrogens is 585 g/mol. The molecular formula is C26H27Cl4N2NaO5. The smallest absolute Gasteiger partial charge is 0.545 e. The monoisotopic (exact) mass is 610 g/mol. The predicted octanol–water partition coefficient (Wildman–Crippen LogP) is 2.66. The van der Waals surface area contributed by atoms with Crippen molar-refractivity contribution in [1.82, 2.24) is 4.90 Å². The number of anilines is 2. The van der Waals surface area contributed by atoms with Crippen LogP contribution in [0.25, 0.3) is 0 Å². The van der Waals surface area contributed by atoms with Gasteiger partial charge in [-0.05, 0) is 63.0 Å². The summed E-state index contributed by atoms with van der Waals surface area (Å²) >= 11 is 18.0. The number of carboxylic acid groups (broad SMARTS) is 1. The van der Waals surface area contributed by atoms with E-state index in [1.54, 1.807) is 54.6 Å². The molecule has 3 aromatic carbocycles. The molecule has 0 aromatic heterocycles. The van der Waals surface area contributed by atoms with Crippen LogP contribution >= 0.6 is 47.2 Å². The Balaban J connectivity index is 0.000000689. The Morgan fingerprint density at radius 3 is 2.21 bits per heavy atom. The summed E-state index contributed by atoms with van der Waals surface area (Å²) in [5.41, 5.74) is 1.77. The van der Waals surface area contributed by atoms with Gasteiger partial charge in [0.05, 0.1) is 21.7 Å². The van der Waals surface area contributed by atoms with Crippen molar-refractivity contribution in [3.05, 3.63) is 86.9 Å². The van der Waals surface area contributed by atoms with Crippen LogP contribution in [0.5, 0.6) is 5.75 Å². The number of nitrogens with one attached hydrogen (secondary N) is 1. The van der Waals surface area contributed by atoms with Crippen molar-refractivity contribution in [3.8, 4) is 5.75 Å². The zero-order chi connectivity index (χ0) is 26.7. The van der Waals surface area contributed by atoms with Gasteiger partial charge < -0.3 is 29.6 Å². The SMILES string of the molecule is CN(C)CCOC(=O)COc1ccc(Cl)cc1.Cc1ccc(Cl)c(Nc2ccccc2C(=O)[O-])c1Cl.Cl.[Na+]. The number of hydrogen-bond donors (Lipinski definition) is 1. The van der Waals surface area contributed by atoms with Gasteiger partial charge in [-0.2, -0.15) is 0 Å². The molecule has 0 saturated heterocycles. The second-order valence-corrected chi connectivity index (χ2v) is 9.00. The molecule has 0 atom stereocenters. The van der Waals surface area contributed by atoms with Gasteiger partial charge >= 0.3 is 35.5 Å². The summed E-state index contributed by atoms with van der Waals surface area (Å²) < 4.78 is 10.2. The molecule has 0 bridgehead atoms. The minimum atomic E-state index is -1.26. The number of nitrogens with zero attached hydrogens (tertiary/aromatic N) is 1. The summed E-state index contributed by atoms with van der Waals surface area (Å²) in [5.74, 6) is -1.04. The first-order valence-corrected chi connectivity index (χ1v) is 11.9. The van der Waals surface area contributed by atoms with Gasteiger partial charge in [0.25, 0.3) is 0 Å². The van der Waals surface area contributed by atoms with Gasteiger partial charge in [-0.25, -0.2) is 4.79 Å². The Labute approximate surface area is 266 Å². The molecule has 0 spiro atoms. The molecule has 1 N–H and O–H groups in total. The molecule has 7 nitrogen and oxygen atoms in total. The summed E-state index contributed by atoms with van der Waals surface area (Å²) in [5, 5.41) is 15.5. The number of aryl methyl sites for hydroxylation is 1. The van der Waals surface area contributed by atoms with Gasteiger partial charge in [-0.1, -0.05) is 59.1 Å². The zero-order valence-corrected chi connectivity index (χ0v) is 26.5. The van der Waals surface area contributed by atoms with E-state index in [1.807, 2.05) is 25.9 Å². The normalized spacial score (nSPS) is 9.76. The van der Waals surface area contributed by atoms with E-state index >= 15 is 0 Å². The fourth-order valence-electron chi connectivity index (χ4n) is 2.73. The topological polar surface area (TPSA) is 90.9 Å². The minimum Gasteiger partial charge on any atom is -0.545 e. The first kappa shape index (κ1) is 36.3. The quantitative estimate of drug-likeness (QED) is 0.294. The molecule has 0 aliphatic heterocycles. The van der Waals surface area contributed by atoms with E-state index in [1.165, 1.54) is 6.07 Å². The Hall–Kier alpha value is -1.68. The molecule has 200 valence electrons. The number of halogens is 4. The Bertz CT molecular complexity index is 1180. The number of aromatic carboxylic acids is 1. The molecule has 3 rings (SSSR count). The third kappa shape index (κ3) is 12.5. The molecule has 0 aliphatic carbocycles. The van der Waals surface area contributed by atoms with E-state index in [9.17, 15) is 14.7 Å². The third-order valence-electron chi connectivity index (χ3n) is 4.66. The fourth-order valence-corrected chi connectivity index (χ4v) is 3.32. The van der Waals surface area contributed by atoms with Crippen LogP contribution in [0.15, 0.2) is 60.7 Å². The number of carboxylic acids is 1. The van der Waals surface area contributed by atoms with Crippen LogP contribution in [0.4, 0.5) is 11.4 Å². The Morgan fingerprint density at radius 2 is 1.61 bits per heavy atom. The van der Waals surface area contributed by atoms with Gasteiger partial charge in [0.15, 0.2) is 6.61 Å². The maximum atomic E-state index is 11.3. The maximum absolute atomic E-state index is 11.3. The summed E-state index contributed by atoms with van der Waals surface area (Å²) in [6.45, 7) is 2.83. The first-order chi connectivity index (χ1) is 17.1. The third-order valence-corrected chi connectivity index (χ3v) is 5.72. The molecule has 0 amide bonds. The van der Waals surface area contributed by atoms with Crippen molar-refractivity contribution in [3.63, 3.8) is 0 Å². The average molecular weight is 612 g/mol. The molecule has 0 saturated carbocycles. The molecule has 0 fully saturated rings. The van der Waals surface area contributed by atoms with Crippen LogP contribution in [0, 0.1) is 6.92 Å². The Kier molecular flexibility index (Phi) is 17.8. The standard InChI is InChI=1S/C14H11Cl2NO2.C12H16ClNO3.ClH.Na/c1-8-6-7-10(15)13(12(8)16)17-11-5-3-2-4-9(11)14(18)19;1-14(2)7-8-16-12(15)9-17-11-5-3-10(13)4-6-11;;/h2-7,17H,1H3,(H,18,19);3-6H,7-9H2,1-2H3;1H;/q;;;+1/p-1. The van der Waals surface area contributed by atoms with Gasteiger partial charge in [0.2, 0.25) is 0 Å². The van der Waals surface area contributed by atoms with Crippen molar-refractivity contribution in [2.24, 2.45) is 0 Å². The predicted molar refractivity (Wildman–Crippen MR) is 149 cm³/mol. The number of carbonyl (C=O) groups is 2. The summed E-state index contributed by atoms with van der Waals surface area (Å²) in [7, 11) is 3.83.